The van der Waals surface area contributed by atoms with Gasteiger partial charge in [0.2, 0.25) is 11.8 Å². The summed E-state index contributed by atoms with van der Waals surface area (Å²) in [4.78, 5) is 20.9. The van der Waals surface area contributed by atoms with Gasteiger partial charge in [-0.05, 0) is 19.8 Å². The zero-order chi connectivity index (χ0) is 16.9. The first kappa shape index (κ1) is 17.3. The van der Waals surface area contributed by atoms with Gasteiger partial charge >= 0.3 is 0 Å². The molecule has 8 nitrogen and oxygen atoms in total. The van der Waals surface area contributed by atoms with E-state index in [1.54, 1.807) is 7.11 Å². The normalized spacial score (nSPS) is 20.9. The van der Waals surface area contributed by atoms with Crippen molar-refractivity contribution in [1.29, 1.82) is 0 Å². The standard InChI is InChI=1S/C16H27N5O3/c1-12(16-18-15(19-24-16)13-3-4-13)21-8-6-20(7-9-21)11-14(22)17-5-10-23-2/h12-13H,3-11H2,1-2H3,(H,17,22). The highest BCUT2D eigenvalue weighted by Crippen LogP contribution is 2.38. The minimum absolute atomic E-state index is 0.0551. The van der Waals surface area contributed by atoms with Crippen LogP contribution in [0.15, 0.2) is 4.52 Å². The number of aromatic nitrogens is 2. The number of piperazine rings is 1. The van der Waals surface area contributed by atoms with Crippen LogP contribution < -0.4 is 5.32 Å². The molecule has 1 aromatic rings. The summed E-state index contributed by atoms with van der Waals surface area (Å²) in [5, 5.41) is 6.96. The third-order valence-electron chi connectivity index (χ3n) is 4.71. The van der Waals surface area contributed by atoms with Crippen molar-refractivity contribution in [3.63, 3.8) is 0 Å². The SMILES string of the molecule is COCCNC(=O)CN1CCN(C(C)c2nc(C3CC3)no2)CC1. The number of hydrogen-bond acceptors (Lipinski definition) is 7. The second kappa shape index (κ2) is 8.04. The molecule has 2 fully saturated rings. The molecule has 1 aliphatic heterocycles. The highest BCUT2D eigenvalue weighted by Gasteiger charge is 2.31. The lowest BCUT2D eigenvalue weighted by Gasteiger charge is -2.36. The van der Waals surface area contributed by atoms with Gasteiger partial charge in [0.25, 0.3) is 0 Å². The van der Waals surface area contributed by atoms with Gasteiger partial charge in [0, 0.05) is 45.8 Å². The molecule has 1 atom stereocenters. The first-order valence-corrected chi connectivity index (χ1v) is 8.73. The predicted molar refractivity (Wildman–Crippen MR) is 87.6 cm³/mol. The maximum absolute atomic E-state index is 11.8. The number of nitrogens with zero attached hydrogens (tertiary/aromatic N) is 4. The maximum atomic E-state index is 11.8. The van der Waals surface area contributed by atoms with Crippen LogP contribution in [0.5, 0.6) is 0 Å². The molecular formula is C16H27N5O3. The molecule has 134 valence electrons. The van der Waals surface area contributed by atoms with Crippen molar-refractivity contribution < 1.29 is 14.1 Å². The van der Waals surface area contributed by atoms with Gasteiger partial charge in [0.1, 0.15) is 0 Å². The van der Waals surface area contributed by atoms with Crippen LogP contribution in [-0.2, 0) is 9.53 Å². The summed E-state index contributed by atoms with van der Waals surface area (Å²) >= 11 is 0. The zero-order valence-corrected chi connectivity index (χ0v) is 14.5. The summed E-state index contributed by atoms with van der Waals surface area (Å²) in [5.74, 6) is 2.15. The number of nitrogens with one attached hydrogen (secondary N) is 1. The number of rotatable bonds is 8. The van der Waals surface area contributed by atoms with Crippen LogP contribution in [0.1, 0.15) is 43.4 Å². The lowest BCUT2D eigenvalue weighted by Crippen LogP contribution is -2.50. The highest BCUT2D eigenvalue weighted by molar-refractivity contribution is 5.77. The number of ether oxygens (including phenoxy) is 1. The molecule has 0 spiro atoms. The van der Waals surface area contributed by atoms with E-state index in [2.05, 4.69) is 32.2 Å². The minimum atomic E-state index is 0.0551. The lowest BCUT2D eigenvalue weighted by molar-refractivity contribution is -0.122. The van der Waals surface area contributed by atoms with Crippen LogP contribution in [0, 0.1) is 0 Å². The van der Waals surface area contributed by atoms with Crippen LogP contribution >= 0.6 is 0 Å². The van der Waals surface area contributed by atoms with Crippen LogP contribution in [0.3, 0.4) is 0 Å². The molecule has 1 aliphatic carbocycles. The summed E-state index contributed by atoms with van der Waals surface area (Å²) in [5.41, 5.74) is 0. The predicted octanol–water partition coefficient (Wildman–Crippen LogP) is 0.388. The van der Waals surface area contributed by atoms with E-state index >= 15 is 0 Å². The Balaban J connectivity index is 1.41. The fraction of sp³-hybridized carbons (Fsp3) is 0.812. The summed E-state index contributed by atoms with van der Waals surface area (Å²) in [6.45, 7) is 7.19. The molecule has 1 aromatic heterocycles. The number of methoxy groups -OCH3 is 1. The smallest absolute Gasteiger partial charge is 0.243 e. The topological polar surface area (TPSA) is 83.7 Å². The Labute approximate surface area is 142 Å². The molecule has 0 radical (unpaired) electrons. The fourth-order valence-electron chi connectivity index (χ4n) is 2.94. The quantitative estimate of drug-likeness (QED) is 0.687. The maximum Gasteiger partial charge on any atom is 0.243 e. The van der Waals surface area contributed by atoms with Gasteiger partial charge in [-0.1, -0.05) is 5.16 Å². The van der Waals surface area contributed by atoms with Crippen LogP contribution in [-0.4, -0.2) is 78.8 Å². The van der Waals surface area contributed by atoms with Gasteiger partial charge in [0.15, 0.2) is 5.82 Å². The Hall–Kier alpha value is -1.51. The van der Waals surface area contributed by atoms with Crippen LogP contribution in [0.4, 0.5) is 0 Å². The Bertz CT molecular complexity index is 538. The molecule has 3 rings (SSSR count). The Morgan fingerprint density at radius 3 is 2.79 bits per heavy atom. The molecule has 2 aliphatic rings. The minimum Gasteiger partial charge on any atom is -0.383 e. The third kappa shape index (κ3) is 4.52. The van der Waals surface area contributed by atoms with E-state index in [0.29, 0.717) is 31.5 Å². The van der Waals surface area contributed by atoms with Crippen molar-refractivity contribution >= 4 is 5.91 Å². The van der Waals surface area contributed by atoms with E-state index in [0.717, 1.165) is 32.0 Å². The summed E-state index contributed by atoms with van der Waals surface area (Å²) in [7, 11) is 1.63. The number of carbonyl (C=O) groups excluding carboxylic acids is 1. The second-order valence-corrected chi connectivity index (χ2v) is 6.60. The number of amides is 1. The van der Waals surface area contributed by atoms with E-state index in [1.165, 1.54) is 12.8 Å². The largest absolute Gasteiger partial charge is 0.383 e. The summed E-state index contributed by atoms with van der Waals surface area (Å²) in [6.07, 6.45) is 2.36. The first-order valence-electron chi connectivity index (χ1n) is 8.73. The Morgan fingerprint density at radius 2 is 2.12 bits per heavy atom. The number of hydrogen-bond donors (Lipinski definition) is 1. The van der Waals surface area contributed by atoms with Crippen molar-refractivity contribution in [2.45, 2.75) is 31.7 Å². The van der Waals surface area contributed by atoms with E-state index in [9.17, 15) is 4.79 Å². The van der Waals surface area contributed by atoms with Crippen molar-refractivity contribution in [3.8, 4) is 0 Å². The van der Waals surface area contributed by atoms with Gasteiger partial charge in [-0.25, -0.2) is 0 Å². The van der Waals surface area contributed by atoms with Crippen LogP contribution in [0.25, 0.3) is 0 Å². The number of carbonyl (C=O) groups is 1. The van der Waals surface area contributed by atoms with Gasteiger partial charge in [-0.3, -0.25) is 14.6 Å². The first-order chi connectivity index (χ1) is 11.7. The van der Waals surface area contributed by atoms with Crippen LogP contribution in [0.2, 0.25) is 0 Å². The molecule has 1 unspecified atom stereocenters. The van der Waals surface area contributed by atoms with E-state index < -0.39 is 0 Å². The molecule has 2 heterocycles. The zero-order valence-electron chi connectivity index (χ0n) is 14.5. The molecule has 1 saturated heterocycles. The average molecular weight is 337 g/mol. The monoisotopic (exact) mass is 337 g/mol. The highest BCUT2D eigenvalue weighted by atomic mass is 16.5. The molecule has 24 heavy (non-hydrogen) atoms. The van der Waals surface area contributed by atoms with Crippen molar-refractivity contribution in [3.05, 3.63) is 11.7 Å². The van der Waals surface area contributed by atoms with E-state index in [4.69, 9.17) is 9.26 Å². The molecular weight excluding hydrogens is 310 g/mol. The summed E-state index contributed by atoms with van der Waals surface area (Å²) < 4.78 is 10.4. The van der Waals surface area contributed by atoms with Gasteiger partial charge in [-0.15, -0.1) is 0 Å². The Morgan fingerprint density at radius 1 is 1.38 bits per heavy atom. The second-order valence-electron chi connectivity index (χ2n) is 6.60. The molecule has 1 N–H and O–H groups in total. The third-order valence-corrected chi connectivity index (χ3v) is 4.71. The molecule has 1 saturated carbocycles. The molecule has 1 amide bonds. The fourth-order valence-corrected chi connectivity index (χ4v) is 2.94. The van der Waals surface area contributed by atoms with Gasteiger partial charge < -0.3 is 14.6 Å². The van der Waals surface area contributed by atoms with E-state index in [-0.39, 0.29) is 11.9 Å². The Kier molecular flexibility index (Phi) is 5.80. The van der Waals surface area contributed by atoms with Crippen molar-refractivity contribution in [2.75, 3.05) is 53.0 Å². The van der Waals surface area contributed by atoms with Crippen molar-refractivity contribution in [2.24, 2.45) is 0 Å². The summed E-state index contributed by atoms with van der Waals surface area (Å²) in [6, 6.07) is 0.127. The van der Waals surface area contributed by atoms with Crippen molar-refractivity contribution in [1.82, 2.24) is 25.3 Å². The van der Waals surface area contributed by atoms with Gasteiger partial charge in [-0.2, -0.15) is 4.98 Å². The molecule has 0 aromatic carbocycles. The lowest BCUT2D eigenvalue weighted by atomic mass is 10.2. The molecule has 8 heteroatoms. The average Bonchev–Trinajstić information content (AvgIpc) is 3.32. The van der Waals surface area contributed by atoms with E-state index in [1.807, 2.05) is 0 Å². The van der Waals surface area contributed by atoms with Gasteiger partial charge in [0.05, 0.1) is 19.2 Å². The molecule has 0 bridgehead atoms.